The van der Waals surface area contributed by atoms with Crippen molar-refractivity contribution in [2.75, 3.05) is 20.2 Å². The molecule has 2 aromatic heterocycles. The molecule has 0 spiro atoms. The summed E-state index contributed by atoms with van der Waals surface area (Å²) in [5, 5.41) is 1.10. The molecule has 1 aliphatic rings. The third kappa shape index (κ3) is 3.33. The lowest BCUT2D eigenvalue weighted by Gasteiger charge is -2.17. The average Bonchev–Trinajstić information content (AvgIpc) is 3.29. The van der Waals surface area contributed by atoms with Gasteiger partial charge in [0.05, 0.1) is 32.5 Å². The van der Waals surface area contributed by atoms with Gasteiger partial charge in [-0.25, -0.2) is 0 Å². The first kappa shape index (κ1) is 16.4. The molecule has 0 radical (unpaired) electrons. The van der Waals surface area contributed by atoms with Crippen molar-refractivity contribution in [3.05, 3.63) is 48.4 Å². The van der Waals surface area contributed by atoms with Crippen LogP contribution in [0.25, 0.3) is 10.9 Å². The van der Waals surface area contributed by atoms with E-state index in [-0.39, 0.29) is 12.0 Å². The molecule has 1 aliphatic heterocycles. The first-order chi connectivity index (χ1) is 12.7. The number of benzene rings is 1. The number of hydrogen-bond donors (Lipinski definition) is 1. The minimum atomic E-state index is -0.0803. The molecule has 0 saturated carbocycles. The fourth-order valence-electron chi connectivity index (χ4n) is 3.26. The van der Waals surface area contributed by atoms with Crippen LogP contribution in [0.2, 0.25) is 0 Å². The van der Waals surface area contributed by atoms with E-state index in [9.17, 15) is 4.79 Å². The Labute approximate surface area is 151 Å². The van der Waals surface area contributed by atoms with Crippen molar-refractivity contribution in [3.8, 4) is 11.8 Å². The number of nitrogens with one attached hydrogen (secondary N) is 1. The van der Waals surface area contributed by atoms with E-state index >= 15 is 0 Å². The Morgan fingerprint density at radius 1 is 1.31 bits per heavy atom. The summed E-state index contributed by atoms with van der Waals surface area (Å²) in [6.07, 6.45) is 6.08. The summed E-state index contributed by atoms with van der Waals surface area (Å²) in [5.74, 6) is 0.936. The predicted molar refractivity (Wildman–Crippen MR) is 96.2 cm³/mol. The number of aromatic nitrogens is 3. The second-order valence-corrected chi connectivity index (χ2v) is 6.30. The van der Waals surface area contributed by atoms with Crippen molar-refractivity contribution in [2.24, 2.45) is 0 Å². The minimum absolute atomic E-state index is 0.0803. The smallest absolute Gasteiger partial charge is 0.235 e. The van der Waals surface area contributed by atoms with Crippen LogP contribution in [0.15, 0.2) is 42.9 Å². The van der Waals surface area contributed by atoms with E-state index in [4.69, 9.17) is 9.47 Å². The molecule has 3 heterocycles. The van der Waals surface area contributed by atoms with Gasteiger partial charge in [0.25, 0.3) is 0 Å². The number of nitrogens with zero attached hydrogens (tertiary/aromatic N) is 3. The molecule has 0 bridgehead atoms. The molecule has 4 rings (SSSR count). The third-order valence-corrected chi connectivity index (χ3v) is 4.60. The summed E-state index contributed by atoms with van der Waals surface area (Å²) in [6, 6.07) is 8.01. The maximum absolute atomic E-state index is 12.7. The Kier molecular flexibility index (Phi) is 4.43. The summed E-state index contributed by atoms with van der Waals surface area (Å²) in [7, 11) is 1.54. The van der Waals surface area contributed by atoms with E-state index < -0.39 is 0 Å². The number of para-hydroxylation sites is 1. The summed E-state index contributed by atoms with van der Waals surface area (Å²) < 4.78 is 10.9. The highest BCUT2D eigenvalue weighted by Crippen LogP contribution is 2.21. The summed E-state index contributed by atoms with van der Waals surface area (Å²) in [6.45, 7) is 1.24. The van der Waals surface area contributed by atoms with Crippen molar-refractivity contribution in [1.29, 1.82) is 0 Å². The molecule has 134 valence electrons. The van der Waals surface area contributed by atoms with Crippen LogP contribution in [0.5, 0.6) is 11.8 Å². The van der Waals surface area contributed by atoms with Gasteiger partial charge in [0.2, 0.25) is 17.7 Å². The molecule has 1 atom stereocenters. The number of hydrogen-bond acceptors (Lipinski definition) is 5. The quantitative estimate of drug-likeness (QED) is 0.761. The number of ether oxygens (including phenoxy) is 2. The number of H-pyrrole nitrogens is 1. The van der Waals surface area contributed by atoms with Gasteiger partial charge in [0, 0.05) is 30.1 Å². The number of methoxy groups -OCH3 is 1. The molecule has 1 unspecified atom stereocenters. The first-order valence-corrected chi connectivity index (χ1v) is 8.58. The molecule has 1 aromatic carbocycles. The van der Waals surface area contributed by atoms with Crippen molar-refractivity contribution in [2.45, 2.75) is 18.9 Å². The zero-order chi connectivity index (χ0) is 17.9. The van der Waals surface area contributed by atoms with Crippen LogP contribution in [-0.2, 0) is 11.2 Å². The molecule has 1 fully saturated rings. The van der Waals surface area contributed by atoms with Gasteiger partial charge >= 0.3 is 0 Å². The van der Waals surface area contributed by atoms with Crippen LogP contribution in [0.1, 0.15) is 12.0 Å². The van der Waals surface area contributed by atoms with Gasteiger partial charge < -0.3 is 19.4 Å². The normalized spacial score (nSPS) is 16.8. The topological polar surface area (TPSA) is 80.3 Å². The lowest BCUT2D eigenvalue weighted by atomic mass is 10.1. The lowest BCUT2D eigenvalue weighted by Crippen LogP contribution is -2.32. The van der Waals surface area contributed by atoms with E-state index in [0.717, 1.165) is 22.9 Å². The predicted octanol–water partition coefficient (Wildman–Crippen LogP) is 2.19. The molecule has 0 aliphatic carbocycles. The van der Waals surface area contributed by atoms with Gasteiger partial charge in [-0.05, 0) is 11.6 Å². The minimum Gasteiger partial charge on any atom is -0.480 e. The molecular formula is C19H20N4O3. The van der Waals surface area contributed by atoms with Crippen molar-refractivity contribution in [1.82, 2.24) is 19.9 Å². The molecule has 1 N–H and O–H groups in total. The van der Waals surface area contributed by atoms with Gasteiger partial charge in [-0.3, -0.25) is 9.78 Å². The van der Waals surface area contributed by atoms with E-state index in [0.29, 0.717) is 31.3 Å². The van der Waals surface area contributed by atoms with Crippen LogP contribution in [-0.4, -0.2) is 52.1 Å². The van der Waals surface area contributed by atoms with Gasteiger partial charge in [0.15, 0.2) is 0 Å². The van der Waals surface area contributed by atoms with Crippen molar-refractivity contribution < 1.29 is 14.3 Å². The highest BCUT2D eigenvalue weighted by Gasteiger charge is 2.28. The molecular weight excluding hydrogens is 332 g/mol. The zero-order valence-corrected chi connectivity index (χ0v) is 14.5. The van der Waals surface area contributed by atoms with E-state index in [2.05, 4.69) is 15.0 Å². The Balaban J connectivity index is 1.38. The fourth-order valence-corrected chi connectivity index (χ4v) is 3.26. The highest BCUT2D eigenvalue weighted by molar-refractivity contribution is 5.89. The zero-order valence-electron chi connectivity index (χ0n) is 14.5. The lowest BCUT2D eigenvalue weighted by molar-refractivity contribution is -0.129. The van der Waals surface area contributed by atoms with E-state index in [1.165, 1.54) is 13.3 Å². The molecule has 7 heteroatoms. The molecule has 1 saturated heterocycles. The Bertz CT molecular complexity index is 924. The maximum Gasteiger partial charge on any atom is 0.235 e. The summed E-state index contributed by atoms with van der Waals surface area (Å²) >= 11 is 0. The van der Waals surface area contributed by atoms with Crippen LogP contribution in [0.4, 0.5) is 0 Å². The van der Waals surface area contributed by atoms with Crippen LogP contribution in [0.3, 0.4) is 0 Å². The third-order valence-electron chi connectivity index (χ3n) is 4.60. The highest BCUT2D eigenvalue weighted by atomic mass is 16.5. The van der Waals surface area contributed by atoms with E-state index in [1.807, 2.05) is 35.4 Å². The number of likely N-dealkylation sites (tertiary alicyclic amines) is 1. The maximum atomic E-state index is 12.7. The first-order valence-electron chi connectivity index (χ1n) is 8.58. The number of carbonyl (C=O) groups is 1. The second-order valence-electron chi connectivity index (χ2n) is 6.30. The number of carbonyl (C=O) groups excluding carboxylic acids is 1. The average molecular weight is 352 g/mol. The number of rotatable bonds is 5. The number of amides is 1. The molecule has 1 amide bonds. The standard InChI is InChI=1S/C19H20N4O3/c1-25-17-10-20-11-18(22-17)26-14-6-7-23(12-14)19(24)8-13-9-21-16-5-3-2-4-15(13)16/h2-5,9-11,14,21H,6-8,12H2,1H3. The Hall–Kier alpha value is -3.09. The number of aromatic amines is 1. The van der Waals surface area contributed by atoms with Crippen molar-refractivity contribution in [3.63, 3.8) is 0 Å². The number of fused-ring (bicyclic) bond motifs is 1. The van der Waals surface area contributed by atoms with E-state index in [1.54, 1.807) is 6.20 Å². The van der Waals surface area contributed by atoms with Gasteiger partial charge in [-0.15, -0.1) is 0 Å². The summed E-state index contributed by atoms with van der Waals surface area (Å²) in [4.78, 5) is 26.0. The van der Waals surface area contributed by atoms with Crippen LogP contribution >= 0.6 is 0 Å². The van der Waals surface area contributed by atoms with Crippen molar-refractivity contribution >= 4 is 16.8 Å². The molecule has 7 nitrogen and oxygen atoms in total. The molecule has 3 aromatic rings. The van der Waals surface area contributed by atoms with Gasteiger partial charge in [-0.1, -0.05) is 18.2 Å². The van der Waals surface area contributed by atoms with Gasteiger partial charge in [-0.2, -0.15) is 4.98 Å². The van der Waals surface area contributed by atoms with Crippen LogP contribution < -0.4 is 9.47 Å². The SMILES string of the molecule is COc1cncc(OC2CCN(C(=O)Cc3c[nH]c4ccccc34)C2)n1. The second kappa shape index (κ2) is 7.03. The Morgan fingerprint density at radius 3 is 3.04 bits per heavy atom. The molecule has 26 heavy (non-hydrogen) atoms. The van der Waals surface area contributed by atoms with Gasteiger partial charge in [0.1, 0.15) is 6.10 Å². The van der Waals surface area contributed by atoms with Crippen LogP contribution in [0, 0.1) is 0 Å². The monoisotopic (exact) mass is 352 g/mol. The summed E-state index contributed by atoms with van der Waals surface area (Å²) in [5.41, 5.74) is 2.07. The Morgan fingerprint density at radius 2 is 2.15 bits per heavy atom. The fraction of sp³-hybridized carbons (Fsp3) is 0.316. The largest absolute Gasteiger partial charge is 0.480 e.